The van der Waals surface area contributed by atoms with Gasteiger partial charge in [-0.05, 0) is 37.9 Å². The molecular formula is C15H24N2O2S. The van der Waals surface area contributed by atoms with Crippen LogP contribution in [0, 0.1) is 0 Å². The minimum atomic E-state index is -2.79. The van der Waals surface area contributed by atoms with Gasteiger partial charge in [0.05, 0.1) is 11.5 Å². The fourth-order valence-electron chi connectivity index (χ4n) is 2.75. The van der Waals surface area contributed by atoms with Crippen LogP contribution in [0.2, 0.25) is 0 Å². The third kappa shape index (κ3) is 4.58. The number of hydrogen-bond donors (Lipinski definition) is 1. The molecule has 0 aliphatic carbocycles. The summed E-state index contributed by atoms with van der Waals surface area (Å²) in [4.78, 5) is 2.40. The van der Waals surface area contributed by atoms with Crippen molar-refractivity contribution in [2.75, 3.05) is 24.6 Å². The maximum Gasteiger partial charge on any atom is 0.150 e. The zero-order chi connectivity index (χ0) is 14.4. The van der Waals surface area contributed by atoms with Gasteiger partial charge >= 0.3 is 0 Å². The highest BCUT2D eigenvalue weighted by Gasteiger charge is 2.27. The van der Waals surface area contributed by atoms with E-state index in [-0.39, 0.29) is 0 Å². The predicted molar refractivity (Wildman–Crippen MR) is 82.2 cm³/mol. The molecule has 0 spiro atoms. The zero-order valence-electron chi connectivity index (χ0n) is 11.9. The molecule has 1 aliphatic rings. The molecule has 1 saturated heterocycles. The minimum Gasteiger partial charge on any atom is -0.330 e. The molecule has 20 heavy (non-hydrogen) atoms. The maximum absolute atomic E-state index is 11.6. The van der Waals surface area contributed by atoms with Gasteiger partial charge in [-0.15, -0.1) is 0 Å². The molecule has 1 aromatic rings. The summed E-state index contributed by atoms with van der Waals surface area (Å²) in [6.45, 7) is 2.50. The number of hydrogen-bond acceptors (Lipinski definition) is 4. The van der Waals surface area contributed by atoms with Crippen molar-refractivity contribution in [1.82, 2.24) is 4.90 Å². The summed E-state index contributed by atoms with van der Waals surface area (Å²) >= 11 is 0. The van der Waals surface area contributed by atoms with Gasteiger partial charge in [-0.1, -0.05) is 30.3 Å². The second-order valence-corrected chi connectivity index (χ2v) is 7.78. The van der Waals surface area contributed by atoms with E-state index in [1.807, 2.05) is 18.2 Å². The first kappa shape index (κ1) is 15.5. The molecule has 1 aromatic carbocycles. The van der Waals surface area contributed by atoms with Gasteiger partial charge in [0, 0.05) is 12.6 Å². The number of rotatable bonds is 6. The SMILES string of the molecule is NCCCN(Cc1ccccc1)C1CCS(=O)(=O)CC1. The Kier molecular flexibility index (Phi) is 5.57. The van der Waals surface area contributed by atoms with Crippen LogP contribution in [0.3, 0.4) is 0 Å². The van der Waals surface area contributed by atoms with Crippen molar-refractivity contribution in [3.8, 4) is 0 Å². The van der Waals surface area contributed by atoms with Crippen molar-refractivity contribution in [1.29, 1.82) is 0 Å². The van der Waals surface area contributed by atoms with Gasteiger partial charge in [0.25, 0.3) is 0 Å². The van der Waals surface area contributed by atoms with E-state index in [1.165, 1.54) is 5.56 Å². The van der Waals surface area contributed by atoms with Gasteiger partial charge in [0.15, 0.2) is 0 Å². The van der Waals surface area contributed by atoms with E-state index < -0.39 is 9.84 Å². The van der Waals surface area contributed by atoms with Crippen molar-refractivity contribution >= 4 is 9.84 Å². The molecular weight excluding hydrogens is 272 g/mol. The van der Waals surface area contributed by atoms with Crippen LogP contribution < -0.4 is 5.73 Å². The molecule has 1 heterocycles. The van der Waals surface area contributed by atoms with E-state index in [1.54, 1.807) is 0 Å². The van der Waals surface area contributed by atoms with E-state index in [0.717, 1.165) is 32.4 Å². The second-order valence-electron chi connectivity index (χ2n) is 5.48. The molecule has 5 heteroatoms. The number of benzene rings is 1. The Hall–Kier alpha value is -0.910. The molecule has 1 aliphatic heterocycles. The lowest BCUT2D eigenvalue weighted by Gasteiger charge is -2.34. The lowest BCUT2D eigenvalue weighted by molar-refractivity contribution is 0.173. The minimum absolute atomic E-state index is 0.325. The van der Waals surface area contributed by atoms with Crippen LogP contribution in [0.25, 0.3) is 0 Å². The Bertz CT molecular complexity index is 488. The fraction of sp³-hybridized carbons (Fsp3) is 0.600. The molecule has 2 N–H and O–H groups in total. The summed E-state index contributed by atoms with van der Waals surface area (Å²) < 4.78 is 23.1. The van der Waals surface area contributed by atoms with Gasteiger partial charge in [-0.25, -0.2) is 8.42 Å². The van der Waals surface area contributed by atoms with Crippen molar-refractivity contribution in [3.63, 3.8) is 0 Å². The molecule has 0 atom stereocenters. The zero-order valence-corrected chi connectivity index (χ0v) is 12.7. The Balaban J connectivity index is 2.00. The summed E-state index contributed by atoms with van der Waals surface area (Å²) in [5, 5.41) is 0. The van der Waals surface area contributed by atoms with Crippen LogP contribution in [0.4, 0.5) is 0 Å². The van der Waals surface area contributed by atoms with Gasteiger partial charge in [-0.2, -0.15) is 0 Å². The highest BCUT2D eigenvalue weighted by molar-refractivity contribution is 7.91. The van der Waals surface area contributed by atoms with Gasteiger partial charge in [0.2, 0.25) is 0 Å². The fourth-order valence-corrected chi connectivity index (χ4v) is 4.21. The molecule has 0 radical (unpaired) electrons. The van der Waals surface area contributed by atoms with Crippen LogP contribution in [-0.4, -0.2) is 44.0 Å². The average molecular weight is 296 g/mol. The summed E-state index contributed by atoms with van der Waals surface area (Å²) in [5.41, 5.74) is 6.90. The monoisotopic (exact) mass is 296 g/mol. The van der Waals surface area contributed by atoms with Crippen molar-refractivity contribution in [2.45, 2.75) is 31.8 Å². The highest BCUT2D eigenvalue weighted by Crippen LogP contribution is 2.20. The van der Waals surface area contributed by atoms with E-state index in [4.69, 9.17) is 5.73 Å². The number of nitrogens with two attached hydrogens (primary N) is 1. The maximum atomic E-state index is 11.6. The summed E-state index contributed by atoms with van der Waals surface area (Å²) in [6.07, 6.45) is 2.45. The molecule has 4 nitrogen and oxygen atoms in total. The average Bonchev–Trinajstić information content (AvgIpc) is 2.45. The van der Waals surface area contributed by atoms with Crippen molar-refractivity contribution in [2.24, 2.45) is 5.73 Å². The van der Waals surface area contributed by atoms with Gasteiger partial charge in [0.1, 0.15) is 9.84 Å². The van der Waals surface area contributed by atoms with Crippen LogP contribution in [-0.2, 0) is 16.4 Å². The lowest BCUT2D eigenvalue weighted by atomic mass is 10.1. The first-order valence-corrected chi connectivity index (χ1v) is 9.11. The Morgan fingerprint density at radius 2 is 1.80 bits per heavy atom. The first-order valence-electron chi connectivity index (χ1n) is 7.29. The number of nitrogens with zero attached hydrogens (tertiary/aromatic N) is 1. The topological polar surface area (TPSA) is 63.4 Å². The summed E-state index contributed by atoms with van der Waals surface area (Å²) in [5.74, 6) is 0.650. The van der Waals surface area contributed by atoms with E-state index in [0.29, 0.717) is 24.1 Å². The molecule has 0 bridgehead atoms. The second kappa shape index (κ2) is 7.20. The largest absolute Gasteiger partial charge is 0.330 e. The van der Waals surface area contributed by atoms with E-state index >= 15 is 0 Å². The Morgan fingerprint density at radius 1 is 1.15 bits per heavy atom. The van der Waals surface area contributed by atoms with Crippen LogP contribution in [0.15, 0.2) is 30.3 Å². The quantitative estimate of drug-likeness (QED) is 0.862. The summed E-state index contributed by atoms with van der Waals surface area (Å²) in [6, 6.07) is 10.7. The molecule has 2 rings (SSSR count). The molecule has 112 valence electrons. The van der Waals surface area contributed by atoms with Crippen LogP contribution in [0.1, 0.15) is 24.8 Å². The first-order chi connectivity index (χ1) is 9.61. The van der Waals surface area contributed by atoms with Crippen LogP contribution >= 0.6 is 0 Å². The van der Waals surface area contributed by atoms with Gasteiger partial charge in [-0.3, -0.25) is 4.90 Å². The molecule has 0 aromatic heterocycles. The Labute approximate surface area is 121 Å². The number of sulfone groups is 1. The molecule has 0 saturated carbocycles. The van der Waals surface area contributed by atoms with Crippen molar-refractivity contribution in [3.05, 3.63) is 35.9 Å². The lowest BCUT2D eigenvalue weighted by Crippen LogP contribution is -2.41. The van der Waals surface area contributed by atoms with E-state index in [9.17, 15) is 8.42 Å². The predicted octanol–water partition coefficient (Wildman–Crippen LogP) is 1.41. The third-order valence-corrected chi connectivity index (χ3v) is 5.63. The summed E-state index contributed by atoms with van der Waals surface area (Å²) in [7, 11) is -2.79. The normalized spacial score (nSPS) is 19.3. The Morgan fingerprint density at radius 3 is 2.40 bits per heavy atom. The van der Waals surface area contributed by atoms with Gasteiger partial charge < -0.3 is 5.73 Å². The van der Waals surface area contributed by atoms with Crippen molar-refractivity contribution < 1.29 is 8.42 Å². The smallest absolute Gasteiger partial charge is 0.150 e. The van der Waals surface area contributed by atoms with Crippen LogP contribution in [0.5, 0.6) is 0 Å². The molecule has 0 amide bonds. The third-order valence-electron chi connectivity index (χ3n) is 3.92. The van der Waals surface area contributed by atoms with E-state index in [2.05, 4.69) is 17.0 Å². The molecule has 0 unspecified atom stereocenters. The highest BCUT2D eigenvalue weighted by atomic mass is 32.2. The standard InChI is InChI=1S/C15H24N2O2S/c16-9-4-10-17(13-14-5-2-1-3-6-14)15-7-11-20(18,19)12-8-15/h1-3,5-6,15H,4,7-13,16H2. The molecule has 1 fully saturated rings.